The summed E-state index contributed by atoms with van der Waals surface area (Å²) in [5, 5.41) is 1.51. The van der Waals surface area contributed by atoms with Gasteiger partial charge in [-0.1, -0.05) is 11.6 Å². The van der Waals surface area contributed by atoms with E-state index in [2.05, 4.69) is 4.98 Å². The first-order valence-electron chi connectivity index (χ1n) is 4.97. The molecule has 0 unspecified atom stereocenters. The van der Waals surface area contributed by atoms with E-state index in [9.17, 15) is 0 Å². The molecule has 3 nitrogen and oxygen atoms in total. The Labute approximate surface area is 99.0 Å². The van der Waals surface area contributed by atoms with E-state index >= 15 is 0 Å². The van der Waals surface area contributed by atoms with Crippen LogP contribution in [0.3, 0.4) is 0 Å². The predicted molar refractivity (Wildman–Crippen MR) is 64.1 cm³/mol. The molecule has 4 heteroatoms. The molecule has 1 aromatic carbocycles. The standard InChI is InChI=1S/C12H12ClNO2/c1-15-6-7-16-10-3-4-11-9(8-10)2-5-12(13)14-11/h2-5,8H,6-7H2,1H3. The van der Waals surface area contributed by atoms with Crippen LogP contribution in [-0.2, 0) is 4.74 Å². The Morgan fingerprint density at radius 3 is 2.88 bits per heavy atom. The summed E-state index contributed by atoms with van der Waals surface area (Å²) in [6.45, 7) is 1.12. The number of ether oxygens (including phenoxy) is 2. The van der Waals surface area contributed by atoms with Gasteiger partial charge in [-0.2, -0.15) is 0 Å². The van der Waals surface area contributed by atoms with Gasteiger partial charge in [0, 0.05) is 12.5 Å². The average molecular weight is 238 g/mol. The van der Waals surface area contributed by atoms with Crippen molar-refractivity contribution in [1.82, 2.24) is 4.98 Å². The molecule has 0 aliphatic carbocycles. The molecule has 1 aromatic heterocycles. The average Bonchev–Trinajstić information content (AvgIpc) is 2.29. The number of fused-ring (bicyclic) bond motifs is 1. The maximum absolute atomic E-state index is 5.80. The van der Waals surface area contributed by atoms with E-state index < -0.39 is 0 Å². The summed E-state index contributed by atoms with van der Waals surface area (Å²) in [5.41, 5.74) is 0.867. The van der Waals surface area contributed by atoms with E-state index in [0.717, 1.165) is 16.7 Å². The van der Waals surface area contributed by atoms with E-state index in [-0.39, 0.29) is 0 Å². The lowest BCUT2D eigenvalue weighted by Crippen LogP contribution is -2.03. The fourth-order valence-electron chi connectivity index (χ4n) is 1.41. The van der Waals surface area contributed by atoms with Crippen molar-refractivity contribution in [1.29, 1.82) is 0 Å². The Bertz CT molecular complexity index is 487. The monoisotopic (exact) mass is 237 g/mol. The van der Waals surface area contributed by atoms with E-state index in [1.165, 1.54) is 0 Å². The van der Waals surface area contributed by atoms with Gasteiger partial charge in [0.1, 0.15) is 17.5 Å². The van der Waals surface area contributed by atoms with Crippen molar-refractivity contribution in [3.8, 4) is 5.75 Å². The van der Waals surface area contributed by atoms with Gasteiger partial charge >= 0.3 is 0 Å². The number of methoxy groups -OCH3 is 1. The molecule has 1 heterocycles. The zero-order valence-electron chi connectivity index (χ0n) is 8.94. The first-order chi connectivity index (χ1) is 7.79. The second-order valence-electron chi connectivity index (χ2n) is 3.33. The number of aromatic nitrogens is 1. The second kappa shape index (κ2) is 5.14. The summed E-state index contributed by atoms with van der Waals surface area (Å²) < 4.78 is 10.4. The topological polar surface area (TPSA) is 31.4 Å². The van der Waals surface area contributed by atoms with Crippen LogP contribution in [0.25, 0.3) is 10.9 Å². The predicted octanol–water partition coefficient (Wildman–Crippen LogP) is 2.91. The van der Waals surface area contributed by atoms with Crippen LogP contribution in [0.5, 0.6) is 5.75 Å². The molecule has 0 bridgehead atoms. The van der Waals surface area contributed by atoms with Gasteiger partial charge < -0.3 is 9.47 Å². The number of hydrogen-bond donors (Lipinski definition) is 0. The maximum Gasteiger partial charge on any atom is 0.129 e. The molecule has 0 fully saturated rings. The van der Waals surface area contributed by atoms with Crippen molar-refractivity contribution in [3.63, 3.8) is 0 Å². The number of pyridine rings is 1. The number of hydrogen-bond acceptors (Lipinski definition) is 3. The smallest absolute Gasteiger partial charge is 0.129 e. The van der Waals surface area contributed by atoms with Gasteiger partial charge in [0.05, 0.1) is 12.1 Å². The van der Waals surface area contributed by atoms with Gasteiger partial charge in [-0.15, -0.1) is 0 Å². The molecule has 0 spiro atoms. The van der Waals surface area contributed by atoms with E-state index in [4.69, 9.17) is 21.1 Å². The highest BCUT2D eigenvalue weighted by molar-refractivity contribution is 6.29. The molecular formula is C12H12ClNO2. The molecule has 84 valence electrons. The molecule has 2 aromatic rings. The first kappa shape index (κ1) is 11.2. The van der Waals surface area contributed by atoms with Crippen LogP contribution < -0.4 is 4.74 Å². The van der Waals surface area contributed by atoms with Gasteiger partial charge in [0.2, 0.25) is 0 Å². The van der Waals surface area contributed by atoms with Crippen molar-refractivity contribution >= 4 is 22.5 Å². The third-order valence-corrected chi connectivity index (χ3v) is 2.39. The van der Waals surface area contributed by atoms with Crippen molar-refractivity contribution in [2.45, 2.75) is 0 Å². The molecule has 16 heavy (non-hydrogen) atoms. The van der Waals surface area contributed by atoms with Crippen LogP contribution in [0.1, 0.15) is 0 Å². The van der Waals surface area contributed by atoms with Gasteiger partial charge in [0.25, 0.3) is 0 Å². The van der Waals surface area contributed by atoms with Crippen molar-refractivity contribution in [2.75, 3.05) is 20.3 Å². The van der Waals surface area contributed by atoms with Crippen LogP contribution >= 0.6 is 11.6 Å². The Morgan fingerprint density at radius 1 is 1.19 bits per heavy atom. The lowest BCUT2D eigenvalue weighted by Gasteiger charge is -2.06. The van der Waals surface area contributed by atoms with Gasteiger partial charge in [-0.25, -0.2) is 4.98 Å². The molecule has 0 aliphatic heterocycles. The van der Waals surface area contributed by atoms with Gasteiger partial charge in [-0.3, -0.25) is 0 Å². The van der Waals surface area contributed by atoms with Gasteiger partial charge in [-0.05, 0) is 30.3 Å². The minimum atomic E-state index is 0.501. The molecular weight excluding hydrogens is 226 g/mol. The highest BCUT2D eigenvalue weighted by atomic mass is 35.5. The Balaban J connectivity index is 2.20. The summed E-state index contributed by atoms with van der Waals surface area (Å²) in [6.07, 6.45) is 0. The lowest BCUT2D eigenvalue weighted by molar-refractivity contribution is 0.146. The summed E-state index contributed by atoms with van der Waals surface area (Å²) in [6, 6.07) is 9.40. The molecule has 0 saturated heterocycles. The van der Waals surface area contributed by atoms with Crippen LogP contribution in [-0.4, -0.2) is 25.3 Å². The summed E-state index contributed by atoms with van der Waals surface area (Å²) in [5.74, 6) is 0.814. The lowest BCUT2D eigenvalue weighted by atomic mass is 10.2. The molecule has 0 atom stereocenters. The molecule has 0 radical (unpaired) electrons. The number of benzene rings is 1. The fourth-order valence-corrected chi connectivity index (χ4v) is 1.57. The zero-order valence-corrected chi connectivity index (χ0v) is 9.70. The molecule has 2 rings (SSSR count). The normalized spacial score (nSPS) is 10.6. The largest absolute Gasteiger partial charge is 0.491 e. The van der Waals surface area contributed by atoms with E-state index in [0.29, 0.717) is 18.4 Å². The maximum atomic E-state index is 5.80. The first-order valence-corrected chi connectivity index (χ1v) is 5.35. The SMILES string of the molecule is COCCOc1ccc2nc(Cl)ccc2c1. The zero-order chi connectivity index (χ0) is 11.4. The van der Waals surface area contributed by atoms with Crippen molar-refractivity contribution < 1.29 is 9.47 Å². The highest BCUT2D eigenvalue weighted by Crippen LogP contribution is 2.21. The summed E-state index contributed by atoms with van der Waals surface area (Å²) in [7, 11) is 1.65. The Hall–Kier alpha value is -1.32. The summed E-state index contributed by atoms with van der Waals surface area (Å²) in [4.78, 5) is 4.20. The fraction of sp³-hybridized carbons (Fsp3) is 0.250. The number of nitrogens with zero attached hydrogens (tertiary/aromatic N) is 1. The quantitative estimate of drug-likeness (QED) is 0.605. The van der Waals surface area contributed by atoms with Crippen molar-refractivity contribution in [3.05, 3.63) is 35.5 Å². The molecule has 0 amide bonds. The van der Waals surface area contributed by atoms with Crippen LogP contribution in [0.2, 0.25) is 5.15 Å². The minimum Gasteiger partial charge on any atom is -0.491 e. The highest BCUT2D eigenvalue weighted by Gasteiger charge is 1.99. The second-order valence-corrected chi connectivity index (χ2v) is 3.72. The third kappa shape index (κ3) is 2.62. The molecule has 0 saturated carbocycles. The molecule has 0 aliphatic rings. The molecule has 0 N–H and O–H groups in total. The summed E-state index contributed by atoms with van der Waals surface area (Å²) >= 11 is 5.80. The Kier molecular flexibility index (Phi) is 3.59. The number of halogens is 1. The van der Waals surface area contributed by atoms with Gasteiger partial charge in [0.15, 0.2) is 0 Å². The third-order valence-electron chi connectivity index (χ3n) is 2.18. The van der Waals surface area contributed by atoms with E-state index in [1.807, 2.05) is 24.3 Å². The number of rotatable bonds is 4. The van der Waals surface area contributed by atoms with E-state index in [1.54, 1.807) is 13.2 Å². The van der Waals surface area contributed by atoms with Crippen LogP contribution in [0, 0.1) is 0 Å². The van der Waals surface area contributed by atoms with Crippen LogP contribution in [0.15, 0.2) is 30.3 Å². The van der Waals surface area contributed by atoms with Crippen LogP contribution in [0.4, 0.5) is 0 Å². The van der Waals surface area contributed by atoms with Crippen molar-refractivity contribution in [2.24, 2.45) is 0 Å². The minimum absolute atomic E-state index is 0.501. The Morgan fingerprint density at radius 2 is 2.06 bits per heavy atom.